The molecule has 0 aliphatic heterocycles. The molecule has 0 heterocycles. The third kappa shape index (κ3) is 3.63. The van der Waals surface area contributed by atoms with Crippen molar-refractivity contribution in [1.82, 2.24) is 0 Å². The van der Waals surface area contributed by atoms with Gasteiger partial charge in [-0.2, -0.15) is 0 Å². The Balaban J connectivity index is 2.09. The maximum absolute atomic E-state index is 10.9. The quantitative estimate of drug-likeness (QED) is 0.916. The van der Waals surface area contributed by atoms with E-state index in [9.17, 15) is 4.79 Å². The molecule has 0 fully saturated rings. The maximum Gasteiger partial charge on any atom is 0.337 e. The third-order valence-electron chi connectivity index (χ3n) is 2.48. The van der Waals surface area contributed by atoms with Crippen LogP contribution in [0.25, 0.3) is 0 Å². The normalized spacial score (nSPS) is 10.2. The Morgan fingerprint density at radius 2 is 1.79 bits per heavy atom. The van der Waals surface area contributed by atoms with Crippen LogP contribution in [-0.4, -0.2) is 11.1 Å². The Bertz CT molecular complexity index is 594. The number of ether oxygens (including phenoxy) is 1. The number of carboxylic acid groups (broad SMARTS) is 1. The maximum atomic E-state index is 10.9. The molecule has 98 valence electrons. The Morgan fingerprint density at radius 1 is 1.11 bits per heavy atom. The number of benzene rings is 2. The lowest BCUT2D eigenvalue weighted by Crippen LogP contribution is -2.01. The predicted molar refractivity (Wildman–Crippen MR) is 74.2 cm³/mol. The van der Waals surface area contributed by atoms with Gasteiger partial charge in [-0.25, -0.2) is 4.79 Å². The van der Waals surface area contributed by atoms with E-state index in [0.717, 1.165) is 5.56 Å². The van der Waals surface area contributed by atoms with Gasteiger partial charge in [-0.3, -0.25) is 0 Å². The smallest absolute Gasteiger partial charge is 0.337 e. The number of aromatic carboxylic acids is 1. The summed E-state index contributed by atoms with van der Waals surface area (Å²) in [6, 6.07) is 11.7. The van der Waals surface area contributed by atoms with E-state index in [1.54, 1.807) is 36.4 Å². The molecule has 0 aliphatic rings. The third-order valence-corrected chi connectivity index (χ3v) is 3.06. The second-order valence-corrected chi connectivity index (χ2v) is 4.71. The van der Waals surface area contributed by atoms with Crippen LogP contribution in [0.4, 0.5) is 0 Å². The van der Waals surface area contributed by atoms with Gasteiger partial charge in [-0.15, -0.1) is 0 Å². The number of carboxylic acids is 1. The first-order valence-electron chi connectivity index (χ1n) is 5.46. The summed E-state index contributed by atoms with van der Waals surface area (Å²) in [5.41, 5.74) is 0.802. The van der Waals surface area contributed by atoms with Gasteiger partial charge in [0, 0.05) is 5.02 Å². The van der Waals surface area contributed by atoms with Crippen LogP contribution in [0.2, 0.25) is 10.0 Å². The highest BCUT2D eigenvalue weighted by atomic mass is 35.5. The zero-order chi connectivity index (χ0) is 13.8. The number of rotatable bonds is 4. The molecule has 0 bridgehead atoms. The number of hydrogen-bond donors (Lipinski definition) is 1. The summed E-state index contributed by atoms with van der Waals surface area (Å²) in [4.78, 5) is 10.9. The van der Waals surface area contributed by atoms with Crippen LogP contribution in [0.15, 0.2) is 42.5 Å². The average Bonchev–Trinajstić information content (AvgIpc) is 2.39. The highest BCUT2D eigenvalue weighted by molar-refractivity contribution is 6.33. The van der Waals surface area contributed by atoms with E-state index in [4.69, 9.17) is 33.0 Å². The van der Waals surface area contributed by atoms with Crippen molar-refractivity contribution in [2.45, 2.75) is 6.61 Å². The van der Waals surface area contributed by atoms with Crippen LogP contribution in [-0.2, 0) is 6.61 Å². The standard InChI is InChI=1S/C14H10Cl2O3/c15-10-2-4-11(5-3-10)19-8-9-1-6-13(16)12(7-9)14(17)18/h1-7H,8H2,(H,17,18). The van der Waals surface area contributed by atoms with Crippen molar-refractivity contribution in [1.29, 1.82) is 0 Å². The van der Waals surface area contributed by atoms with E-state index < -0.39 is 5.97 Å². The van der Waals surface area contributed by atoms with Gasteiger partial charge >= 0.3 is 5.97 Å². The van der Waals surface area contributed by atoms with Crippen molar-refractivity contribution in [3.05, 3.63) is 63.6 Å². The van der Waals surface area contributed by atoms with Crippen molar-refractivity contribution in [2.24, 2.45) is 0 Å². The second kappa shape index (κ2) is 5.95. The lowest BCUT2D eigenvalue weighted by atomic mass is 10.1. The monoisotopic (exact) mass is 296 g/mol. The fraction of sp³-hybridized carbons (Fsp3) is 0.0714. The molecule has 0 unspecified atom stereocenters. The van der Waals surface area contributed by atoms with Gasteiger partial charge < -0.3 is 9.84 Å². The Labute approximate surface area is 120 Å². The zero-order valence-corrected chi connectivity index (χ0v) is 11.3. The highest BCUT2D eigenvalue weighted by Crippen LogP contribution is 2.20. The molecule has 3 nitrogen and oxygen atoms in total. The van der Waals surface area contributed by atoms with Gasteiger partial charge in [0.2, 0.25) is 0 Å². The predicted octanol–water partition coefficient (Wildman–Crippen LogP) is 4.27. The molecule has 2 aromatic rings. The number of carbonyl (C=O) groups is 1. The van der Waals surface area contributed by atoms with Crippen molar-refractivity contribution < 1.29 is 14.6 Å². The molecule has 5 heteroatoms. The van der Waals surface area contributed by atoms with Gasteiger partial charge in [0.05, 0.1) is 10.6 Å². The van der Waals surface area contributed by atoms with E-state index in [1.165, 1.54) is 6.07 Å². The first kappa shape index (κ1) is 13.7. The van der Waals surface area contributed by atoms with E-state index in [-0.39, 0.29) is 17.2 Å². The lowest BCUT2D eigenvalue weighted by Gasteiger charge is -2.07. The summed E-state index contributed by atoms with van der Waals surface area (Å²) in [5, 5.41) is 9.81. The zero-order valence-electron chi connectivity index (χ0n) is 9.77. The van der Waals surface area contributed by atoms with Crippen molar-refractivity contribution in [3.8, 4) is 5.75 Å². The molecule has 0 amide bonds. The van der Waals surface area contributed by atoms with Crippen molar-refractivity contribution in [3.63, 3.8) is 0 Å². The second-order valence-electron chi connectivity index (χ2n) is 3.86. The molecule has 2 rings (SSSR count). The van der Waals surface area contributed by atoms with Crippen LogP contribution in [0.3, 0.4) is 0 Å². The molecule has 0 spiro atoms. The molecule has 2 aromatic carbocycles. The minimum absolute atomic E-state index is 0.0684. The van der Waals surface area contributed by atoms with E-state index >= 15 is 0 Å². The topological polar surface area (TPSA) is 46.5 Å². The molecule has 0 saturated carbocycles. The molecular formula is C14H10Cl2O3. The summed E-state index contributed by atoms with van der Waals surface area (Å²) in [6.45, 7) is 0.263. The van der Waals surface area contributed by atoms with Crippen molar-refractivity contribution >= 4 is 29.2 Å². The molecule has 0 radical (unpaired) electrons. The molecule has 1 N–H and O–H groups in total. The average molecular weight is 297 g/mol. The molecule has 0 aromatic heterocycles. The Hall–Kier alpha value is -1.71. The summed E-state index contributed by atoms with van der Waals surface area (Å²) in [5.74, 6) is -0.394. The molecule has 19 heavy (non-hydrogen) atoms. The number of hydrogen-bond acceptors (Lipinski definition) is 2. The summed E-state index contributed by atoms with van der Waals surface area (Å²) >= 11 is 11.6. The highest BCUT2D eigenvalue weighted by Gasteiger charge is 2.09. The first-order valence-corrected chi connectivity index (χ1v) is 6.22. The van der Waals surface area contributed by atoms with Crippen LogP contribution >= 0.6 is 23.2 Å². The van der Waals surface area contributed by atoms with Gasteiger partial charge in [-0.05, 0) is 42.0 Å². The molecule has 0 aliphatic carbocycles. The minimum Gasteiger partial charge on any atom is -0.489 e. The van der Waals surface area contributed by atoms with Gasteiger partial charge in [0.25, 0.3) is 0 Å². The summed E-state index contributed by atoms with van der Waals surface area (Å²) in [7, 11) is 0. The molecule has 0 atom stereocenters. The van der Waals surface area contributed by atoms with E-state index in [2.05, 4.69) is 0 Å². The molecular weight excluding hydrogens is 287 g/mol. The van der Waals surface area contributed by atoms with Gasteiger partial charge in [0.15, 0.2) is 0 Å². The van der Waals surface area contributed by atoms with E-state index in [0.29, 0.717) is 10.8 Å². The van der Waals surface area contributed by atoms with Crippen LogP contribution in [0.1, 0.15) is 15.9 Å². The minimum atomic E-state index is -1.06. The van der Waals surface area contributed by atoms with E-state index in [1.807, 2.05) is 0 Å². The fourth-order valence-corrected chi connectivity index (χ4v) is 1.85. The van der Waals surface area contributed by atoms with Crippen LogP contribution in [0.5, 0.6) is 5.75 Å². The fourth-order valence-electron chi connectivity index (χ4n) is 1.52. The van der Waals surface area contributed by atoms with Gasteiger partial charge in [-0.1, -0.05) is 29.3 Å². The van der Waals surface area contributed by atoms with Gasteiger partial charge in [0.1, 0.15) is 12.4 Å². The SMILES string of the molecule is O=C(O)c1cc(COc2ccc(Cl)cc2)ccc1Cl. The lowest BCUT2D eigenvalue weighted by molar-refractivity contribution is 0.0697. The van der Waals surface area contributed by atoms with Crippen molar-refractivity contribution in [2.75, 3.05) is 0 Å². The summed E-state index contributed by atoms with van der Waals surface area (Å²) < 4.78 is 5.53. The molecule has 0 saturated heterocycles. The summed E-state index contributed by atoms with van der Waals surface area (Å²) in [6.07, 6.45) is 0. The Kier molecular flexibility index (Phi) is 4.30. The first-order chi connectivity index (χ1) is 9.06. The largest absolute Gasteiger partial charge is 0.489 e. The van der Waals surface area contributed by atoms with Crippen LogP contribution < -0.4 is 4.74 Å². The number of halogens is 2. The Morgan fingerprint density at radius 3 is 2.42 bits per heavy atom. The van der Waals surface area contributed by atoms with Crippen LogP contribution in [0, 0.1) is 0 Å².